The first-order valence-electron chi connectivity index (χ1n) is 4.59. The Kier molecular flexibility index (Phi) is 3.71. The van der Waals surface area contributed by atoms with Gasteiger partial charge in [-0.25, -0.2) is 4.39 Å². The van der Waals surface area contributed by atoms with Gasteiger partial charge in [0, 0.05) is 12.1 Å². The molecule has 1 rings (SSSR count). The van der Waals surface area contributed by atoms with E-state index in [4.69, 9.17) is 5.11 Å². The minimum Gasteiger partial charge on any atom is -0.508 e. The zero-order valence-electron chi connectivity index (χ0n) is 8.86. The topological polar surface area (TPSA) is 78.4 Å². The third-order valence-electron chi connectivity index (χ3n) is 1.59. The molecular weight excluding hydrogens is 235 g/mol. The van der Waals surface area contributed by atoms with Gasteiger partial charge in [0.25, 0.3) is 10.2 Å². The number of rotatable bonds is 4. The van der Waals surface area contributed by atoms with Crippen molar-refractivity contribution in [3.63, 3.8) is 0 Å². The van der Waals surface area contributed by atoms with E-state index in [2.05, 4.69) is 4.72 Å². The molecule has 0 aliphatic carbocycles. The first-order valence-corrected chi connectivity index (χ1v) is 6.07. The molecule has 0 radical (unpaired) electrons. The fourth-order valence-corrected chi connectivity index (χ4v) is 2.21. The lowest BCUT2D eigenvalue weighted by atomic mass is 10.3. The number of aromatic hydroxyl groups is 1. The van der Waals surface area contributed by atoms with Gasteiger partial charge in [0.2, 0.25) is 0 Å². The second-order valence-corrected chi connectivity index (χ2v) is 4.99. The Morgan fingerprint density at radius 1 is 1.38 bits per heavy atom. The minimum atomic E-state index is -3.79. The molecule has 0 spiro atoms. The van der Waals surface area contributed by atoms with Gasteiger partial charge in [0.05, 0.1) is 5.69 Å². The van der Waals surface area contributed by atoms with Crippen LogP contribution in [0.3, 0.4) is 0 Å². The van der Waals surface area contributed by atoms with Gasteiger partial charge in [-0.15, -0.1) is 0 Å². The summed E-state index contributed by atoms with van der Waals surface area (Å²) in [6.07, 6.45) is 0. The Morgan fingerprint density at radius 2 is 2.00 bits per heavy atom. The van der Waals surface area contributed by atoms with Crippen LogP contribution in [0.2, 0.25) is 0 Å². The van der Waals surface area contributed by atoms with Crippen LogP contribution >= 0.6 is 0 Å². The number of benzene rings is 1. The van der Waals surface area contributed by atoms with Crippen molar-refractivity contribution < 1.29 is 17.9 Å². The highest BCUT2D eigenvalue weighted by Gasteiger charge is 2.13. The lowest BCUT2D eigenvalue weighted by Crippen LogP contribution is -2.35. The van der Waals surface area contributed by atoms with Crippen LogP contribution in [0, 0.1) is 5.82 Å². The molecule has 1 aromatic rings. The smallest absolute Gasteiger partial charge is 0.299 e. The van der Waals surface area contributed by atoms with E-state index in [1.54, 1.807) is 13.8 Å². The number of halogens is 1. The van der Waals surface area contributed by atoms with Gasteiger partial charge in [-0.2, -0.15) is 13.1 Å². The van der Waals surface area contributed by atoms with Gasteiger partial charge in [0.15, 0.2) is 5.82 Å². The van der Waals surface area contributed by atoms with Crippen LogP contribution in [0.25, 0.3) is 0 Å². The first-order chi connectivity index (χ1) is 7.30. The molecule has 0 atom stereocenters. The highest BCUT2D eigenvalue weighted by atomic mass is 32.2. The SMILES string of the molecule is CC(C)NS(=O)(=O)Nc1ccc(O)cc1F. The summed E-state index contributed by atoms with van der Waals surface area (Å²) in [5.41, 5.74) is -0.217. The maximum absolute atomic E-state index is 13.2. The molecule has 0 unspecified atom stereocenters. The number of phenolic OH excluding ortho intramolecular Hbond substituents is 1. The quantitative estimate of drug-likeness (QED) is 0.700. The molecule has 0 fully saturated rings. The molecule has 5 nitrogen and oxygen atoms in total. The molecular formula is C9H13FN2O3S. The Balaban J connectivity index is 2.88. The number of hydrogen-bond acceptors (Lipinski definition) is 3. The summed E-state index contributed by atoms with van der Waals surface area (Å²) in [6.45, 7) is 3.29. The van der Waals surface area contributed by atoms with Crippen molar-refractivity contribution in [3.8, 4) is 5.75 Å². The third kappa shape index (κ3) is 3.67. The Labute approximate surface area is 93.5 Å². The van der Waals surface area contributed by atoms with Gasteiger partial charge in [-0.05, 0) is 26.0 Å². The van der Waals surface area contributed by atoms with Crippen LogP contribution in [-0.2, 0) is 10.2 Å². The Hall–Kier alpha value is -1.34. The number of nitrogens with one attached hydrogen (secondary N) is 2. The monoisotopic (exact) mass is 248 g/mol. The standard InChI is InChI=1S/C9H13FN2O3S/c1-6(2)11-16(14,15)12-9-4-3-7(13)5-8(9)10/h3-6,11-13H,1-2H3. The molecule has 0 saturated heterocycles. The van der Waals surface area contributed by atoms with Gasteiger partial charge < -0.3 is 5.11 Å². The summed E-state index contributed by atoms with van der Waals surface area (Å²) in [5.74, 6) is -1.11. The molecule has 0 amide bonds. The van der Waals surface area contributed by atoms with E-state index < -0.39 is 16.0 Å². The molecule has 0 heterocycles. The van der Waals surface area contributed by atoms with E-state index in [1.165, 1.54) is 6.07 Å². The maximum Gasteiger partial charge on any atom is 0.299 e. The zero-order valence-corrected chi connectivity index (χ0v) is 9.68. The molecule has 0 aliphatic heterocycles. The van der Waals surface area contributed by atoms with E-state index in [0.717, 1.165) is 12.1 Å². The summed E-state index contributed by atoms with van der Waals surface area (Å²) in [7, 11) is -3.79. The zero-order chi connectivity index (χ0) is 12.3. The second-order valence-electron chi connectivity index (χ2n) is 3.54. The van der Waals surface area contributed by atoms with Crippen LogP contribution < -0.4 is 9.44 Å². The van der Waals surface area contributed by atoms with E-state index >= 15 is 0 Å². The van der Waals surface area contributed by atoms with Gasteiger partial charge in [0.1, 0.15) is 5.75 Å². The van der Waals surface area contributed by atoms with Crippen LogP contribution in [0.1, 0.15) is 13.8 Å². The van der Waals surface area contributed by atoms with E-state index in [1.807, 2.05) is 4.72 Å². The van der Waals surface area contributed by atoms with Crippen molar-refractivity contribution in [3.05, 3.63) is 24.0 Å². The summed E-state index contributed by atoms with van der Waals surface area (Å²) < 4.78 is 40.3. The first kappa shape index (κ1) is 12.7. The minimum absolute atomic E-state index is 0.217. The van der Waals surface area contributed by atoms with Crippen molar-refractivity contribution in [2.75, 3.05) is 4.72 Å². The fourth-order valence-electron chi connectivity index (χ4n) is 1.07. The number of anilines is 1. The Morgan fingerprint density at radius 3 is 2.50 bits per heavy atom. The van der Waals surface area contributed by atoms with Crippen molar-refractivity contribution in [1.82, 2.24) is 4.72 Å². The van der Waals surface area contributed by atoms with Crippen LogP contribution in [0.15, 0.2) is 18.2 Å². The molecule has 0 aliphatic rings. The van der Waals surface area contributed by atoms with Crippen LogP contribution in [-0.4, -0.2) is 19.6 Å². The lowest BCUT2D eigenvalue weighted by molar-refractivity contribution is 0.469. The van der Waals surface area contributed by atoms with Crippen LogP contribution in [0.5, 0.6) is 5.75 Å². The normalized spacial score (nSPS) is 11.8. The maximum atomic E-state index is 13.2. The van der Waals surface area contributed by atoms with Gasteiger partial charge >= 0.3 is 0 Å². The predicted octanol–water partition coefficient (Wildman–Crippen LogP) is 1.19. The molecule has 16 heavy (non-hydrogen) atoms. The number of hydrogen-bond donors (Lipinski definition) is 3. The van der Waals surface area contributed by atoms with Crippen molar-refractivity contribution in [2.24, 2.45) is 0 Å². The van der Waals surface area contributed by atoms with Crippen molar-refractivity contribution >= 4 is 15.9 Å². The number of phenols is 1. The van der Waals surface area contributed by atoms with Gasteiger partial charge in [-0.1, -0.05) is 0 Å². The average molecular weight is 248 g/mol. The van der Waals surface area contributed by atoms with Crippen LogP contribution in [0.4, 0.5) is 10.1 Å². The lowest BCUT2D eigenvalue weighted by Gasteiger charge is -2.12. The van der Waals surface area contributed by atoms with Gasteiger partial charge in [-0.3, -0.25) is 4.72 Å². The molecule has 1 aromatic carbocycles. The molecule has 0 bridgehead atoms. The van der Waals surface area contributed by atoms with Crippen molar-refractivity contribution in [2.45, 2.75) is 19.9 Å². The fraction of sp³-hybridized carbons (Fsp3) is 0.333. The van der Waals surface area contributed by atoms with Crippen molar-refractivity contribution in [1.29, 1.82) is 0 Å². The van der Waals surface area contributed by atoms with E-state index in [9.17, 15) is 12.8 Å². The molecule has 0 saturated carbocycles. The largest absolute Gasteiger partial charge is 0.508 e. The summed E-state index contributed by atoms with van der Waals surface area (Å²) in [4.78, 5) is 0. The van der Waals surface area contributed by atoms with E-state index in [0.29, 0.717) is 0 Å². The Bertz CT molecular complexity index is 474. The second kappa shape index (κ2) is 4.67. The molecule has 3 N–H and O–H groups in total. The predicted molar refractivity (Wildman–Crippen MR) is 58.9 cm³/mol. The average Bonchev–Trinajstić information content (AvgIpc) is 2.07. The third-order valence-corrected chi connectivity index (χ3v) is 2.86. The highest BCUT2D eigenvalue weighted by Crippen LogP contribution is 2.19. The van der Waals surface area contributed by atoms with E-state index in [-0.39, 0.29) is 17.5 Å². The summed E-state index contributed by atoms with van der Waals surface area (Å²) >= 11 is 0. The highest BCUT2D eigenvalue weighted by molar-refractivity contribution is 7.90. The molecule has 90 valence electrons. The summed E-state index contributed by atoms with van der Waals surface area (Å²) in [5, 5.41) is 8.95. The summed E-state index contributed by atoms with van der Waals surface area (Å²) in [6, 6.07) is 2.87. The molecule has 0 aromatic heterocycles. The molecule has 7 heteroatoms.